The number of aromatic nitrogens is 2. The van der Waals surface area contributed by atoms with Crippen molar-refractivity contribution < 1.29 is 12.8 Å². The summed E-state index contributed by atoms with van der Waals surface area (Å²) in [6.45, 7) is 0. The summed E-state index contributed by atoms with van der Waals surface area (Å²) < 4.78 is 39.6. The van der Waals surface area contributed by atoms with Gasteiger partial charge in [-0.15, -0.1) is 0 Å². The van der Waals surface area contributed by atoms with Crippen LogP contribution < -0.4 is 0 Å². The minimum Gasteiger partial charge on any atom is -0.360 e. The second-order valence-electron chi connectivity index (χ2n) is 4.68. The molecule has 2 heterocycles. The van der Waals surface area contributed by atoms with E-state index in [1.807, 2.05) is 0 Å². The Morgan fingerprint density at radius 2 is 2.09 bits per heavy atom. The molecule has 0 aliphatic carbocycles. The molecule has 0 amide bonds. The first kappa shape index (κ1) is 15.5. The van der Waals surface area contributed by atoms with E-state index in [4.69, 9.17) is 11.6 Å². The molecule has 1 N–H and O–H groups in total. The van der Waals surface area contributed by atoms with Crippen LogP contribution in [0.4, 0.5) is 4.39 Å². The maximum Gasteiger partial charge on any atom is 0.186 e. The molecule has 3 rings (SSSR count). The summed E-state index contributed by atoms with van der Waals surface area (Å²) in [7, 11) is -3.74. The van der Waals surface area contributed by atoms with Crippen molar-refractivity contribution >= 4 is 48.3 Å². The third-order valence-electron chi connectivity index (χ3n) is 3.15. The highest BCUT2D eigenvalue weighted by atomic mass is 79.9. The van der Waals surface area contributed by atoms with Gasteiger partial charge >= 0.3 is 0 Å². The molecule has 0 fully saturated rings. The van der Waals surface area contributed by atoms with Gasteiger partial charge in [0.1, 0.15) is 11.6 Å². The molecule has 2 aromatic heterocycles. The summed E-state index contributed by atoms with van der Waals surface area (Å²) in [5, 5.41) is 0.674. The molecular formula is C14H9BrClFN2O2S. The molecule has 0 aliphatic rings. The van der Waals surface area contributed by atoms with Gasteiger partial charge in [0.2, 0.25) is 0 Å². The molecule has 0 atom stereocenters. The molecule has 0 spiro atoms. The molecule has 22 heavy (non-hydrogen) atoms. The van der Waals surface area contributed by atoms with Crippen molar-refractivity contribution in [2.45, 2.75) is 10.6 Å². The van der Waals surface area contributed by atoms with Crippen LogP contribution in [0.2, 0.25) is 5.02 Å². The number of pyridine rings is 1. The lowest BCUT2D eigenvalue weighted by Crippen LogP contribution is -2.07. The van der Waals surface area contributed by atoms with E-state index in [1.54, 1.807) is 18.2 Å². The SMILES string of the molecule is O=S(=O)(Cc1ncc(Cl)cc1F)c1c[nH]c2cc(Br)ccc12. The van der Waals surface area contributed by atoms with Gasteiger partial charge in [-0.2, -0.15) is 0 Å². The normalized spacial score (nSPS) is 12.0. The van der Waals surface area contributed by atoms with Crippen molar-refractivity contribution in [2.24, 2.45) is 0 Å². The fourth-order valence-electron chi connectivity index (χ4n) is 2.14. The molecule has 0 saturated heterocycles. The molecular weight excluding hydrogens is 395 g/mol. The molecule has 0 saturated carbocycles. The predicted molar refractivity (Wildman–Crippen MR) is 86.1 cm³/mol. The monoisotopic (exact) mass is 402 g/mol. The summed E-state index contributed by atoms with van der Waals surface area (Å²) >= 11 is 8.94. The highest BCUT2D eigenvalue weighted by Gasteiger charge is 2.22. The van der Waals surface area contributed by atoms with Crippen LogP contribution in [0.15, 0.2) is 46.0 Å². The highest BCUT2D eigenvalue weighted by Crippen LogP contribution is 2.28. The molecule has 1 aromatic carbocycles. The zero-order chi connectivity index (χ0) is 15.9. The van der Waals surface area contributed by atoms with Gasteiger partial charge in [0.15, 0.2) is 9.84 Å². The van der Waals surface area contributed by atoms with Gasteiger partial charge in [-0.25, -0.2) is 12.8 Å². The van der Waals surface area contributed by atoms with Crippen LogP contribution in [-0.2, 0) is 15.6 Å². The van der Waals surface area contributed by atoms with Crippen molar-refractivity contribution in [3.63, 3.8) is 0 Å². The number of hydrogen-bond acceptors (Lipinski definition) is 3. The smallest absolute Gasteiger partial charge is 0.186 e. The van der Waals surface area contributed by atoms with Crippen LogP contribution in [0.5, 0.6) is 0 Å². The first-order chi connectivity index (χ1) is 10.4. The van der Waals surface area contributed by atoms with E-state index in [-0.39, 0.29) is 15.6 Å². The Morgan fingerprint density at radius 3 is 2.82 bits per heavy atom. The molecule has 0 aliphatic heterocycles. The number of halogens is 3. The molecule has 3 aromatic rings. The largest absolute Gasteiger partial charge is 0.360 e. The number of nitrogens with zero attached hydrogens (tertiary/aromatic N) is 1. The number of rotatable bonds is 3. The highest BCUT2D eigenvalue weighted by molar-refractivity contribution is 9.10. The van der Waals surface area contributed by atoms with Crippen molar-refractivity contribution in [1.29, 1.82) is 0 Å². The Bertz CT molecular complexity index is 972. The average Bonchev–Trinajstić information content (AvgIpc) is 2.85. The maximum absolute atomic E-state index is 13.8. The number of hydrogen-bond donors (Lipinski definition) is 1. The first-order valence-electron chi connectivity index (χ1n) is 6.16. The van der Waals surface area contributed by atoms with Gasteiger partial charge in [0.05, 0.1) is 15.6 Å². The number of benzene rings is 1. The van der Waals surface area contributed by atoms with Crippen molar-refractivity contribution in [3.8, 4) is 0 Å². The van der Waals surface area contributed by atoms with Gasteiger partial charge in [-0.3, -0.25) is 4.98 Å². The average molecular weight is 404 g/mol. The fourth-order valence-corrected chi connectivity index (χ4v) is 4.12. The van der Waals surface area contributed by atoms with E-state index < -0.39 is 21.4 Å². The summed E-state index contributed by atoms with van der Waals surface area (Å²) in [5.74, 6) is -1.27. The fraction of sp³-hybridized carbons (Fsp3) is 0.0714. The van der Waals surface area contributed by atoms with Gasteiger partial charge in [-0.1, -0.05) is 33.6 Å². The third kappa shape index (κ3) is 2.88. The van der Waals surface area contributed by atoms with Crippen LogP contribution >= 0.6 is 27.5 Å². The molecule has 8 heteroatoms. The van der Waals surface area contributed by atoms with Crippen molar-refractivity contribution in [1.82, 2.24) is 9.97 Å². The van der Waals surface area contributed by atoms with E-state index in [0.29, 0.717) is 10.9 Å². The summed E-state index contributed by atoms with van der Waals surface area (Å²) in [4.78, 5) is 6.78. The minimum absolute atomic E-state index is 0.117. The molecule has 0 bridgehead atoms. The standard InChI is InChI=1S/C14H9BrClFN2O2S/c15-8-1-2-10-12(3-8)19-6-14(10)22(20,21)7-13-11(17)4-9(16)5-18-13/h1-6,19H,7H2. The Balaban J connectivity index is 2.05. The quantitative estimate of drug-likeness (QED) is 0.716. The number of H-pyrrole nitrogens is 1. The summed E-state index contributed by atoms with van der Waals surface area (Å²) in [6, 6.07) is 6.26. The molecule has 114 valence electrons. The lowest BCUT2D eigenvalue weighted by atomic mass is 10.2. The topological polar surface area (TPSA) is 62.8 Å². The van der Waals surface area contributed by atoms with Gasteiger partial charge in [-0.05, 0) is 18.2 Å². The predicted octanol–water partition coefficient (Wildman–Crippen LogP) is 4.09. The lowest BCUT2D eigenvalue weighted by Gasteiger charge is -2.04. The second-order valence-corrected chi connectivity index (χ2v) is 7.99. The number of aromatic amines is 1. The minimum atomic E-state index is -3.74. The van der Waals surface area contributed by atoms with Crippen LogP contribution in [-0.4, -0.2) is 18.4 Å². The Kier molecular flexibility index (Phi) is 3.96. The Labute approximate surface area is 139 Å². The van der Waals surface area contributed by atoms with E-state index in [0.717, 1.165) is 10.5 Å². The number of sulfone groups is 1. The van der Waals surface area contributed by atoms with E-state index in [9.17, 15) is 12.8 Å². The van der Waals surface area contributed by atoms with E-state index in [2.05, 4.69) is 25.9 Å². The van der Waals surface area contributed by atoms with Gasteiger partial charge < -0.3 is 4.98 Å². The van der Waals surface area contributed by atoms with Crippen LogP contribution in [0.25, 0.3) is 10.9 Å². The van der Waals surface area contributed by atoms with Crippen molar-refractivity contribution in [3.05, 3.63) is 57.7 Å². The zero-order valence-electron chi connectivity index (χ0n) is 11.0. The van der Waals surface area contributed by atoms with Crippen molar-refractivity contribution in [2.75, 3.05) is 0 Å². The van der Waals surface area contributed by atoms with Gasteiger partial charge in [0, 0.05) is 27.8 Å². The summed E-state index contributed by atoms with van der Waals surface area (Å²) in [6.07, 6.45) is 2.63. The zero-order valence-corrected chi connectivity index (χ0v) is 14.1. The second kappa shape index (κ2) is 5.64. The van der Waals surface area contributed by atoms with Gasteiger partial charge in [0.25, 0.3) is 0 Å². The first-order valence-corrected chi connectivity index (χ1v) is 8.98. The maximum atomic E-state index is 13.8. The Hall–Kier alpha value is -1.44. The van der Waals surface area contributed by atoms with Crippen LogP contribution in [0.1, 0.15) is 5.69 Å². The van der Waals surface area contributed by atoms with Crippen LogP contribution in [0, 0.1) is 5.82 Å². The number of fused-ring (bicyclic) bond motifs is 1. The molecule has 0 radical (unpaired) electrons. The molecule has 4 nitrogen and oxygen atoms in total. The summed E-state index contributed by atoms with van der Waals surface area (Å²) in [5.41, 5.74) is 0.522. The molecule has 0 unspecified atom stereocenters. The van der Waals surface area contributed by atoms with E-state index in [1.165, 1.54) is 12.4 Å². The van der Waals surface area contributed by atoms with E-state index >= 15 is 0 Å². The third-order valence-corrected chi connectivity index (χ3v) is 5.51. The Morgan fingerprint density at radius 1 is 1.32 bits per heavy atom. The van der Waals surface area contributed by atoms with Crippen LogP contribution in [0.3, 0.4) is 0 Å². The lowest BCUT2D eigenvalue weighted by molar-refractivity contribution is 0.583. The number of nitrogens with one attached hydrogen (secondary N) is 1.